The minimum atomic E-state index is -0.819. The summed E-state index contributed by atoms with van der Waals surface area (Å²) in [5.41, 5.74) is 2.46. The lowest BCUT2D eigenvalue weighted by molar-refractivity contribution is -0.154. The fraction of sp³-hybridized carbons (Fsp3) is 0.467. The minimum Gasteiger partial charge on any atom is -0.459 e. The molecule has 0 saturated heterocycles. The van der Waals surface area contributed by atoms with Gasteiger partial charge >= 0.3 is 11.9 Å². The third kappa shape index (κ3) is 5.55. The second-order valence-corrected chi connectivity index (χ2v) is 4.29. The Morgan fingerprint density at radius 1 is 1.05 bits per heavy atom. The molecule has 1 aromatic rings. The van der Waals surface area contributed by atoms with Crippen molar-refractivity contribution in [3.05, 3.63) is 35.4 Å². The Bertz CT molecular complexity index is 412. The minimum absolute atomic E-state index is 0.213. The molecular weight excluding hydrogens is 242 g/mol. The Balaban J connectivity index is 2.32. The number of ether oxygens (including phenoxy) is 1. The van der Waals surface area contributed by atoms with E-state index in [0.29, 0.717) is 13.0 Å². The van der Waals surface area contributed by atoms with Gasteiger partial charge in [0.1, 0.15) is 0 Å². The summed E-state index contributed by atoms with van der Waals surface area (Å²) in [7, 11) is 0. The number of aryl methyl sites for hydroxylation is 1. The first-order valence-electron chi connectivity index (χ1n) is 6.70. The number of rotatable bonds is 6. The molecule has 1 N–H and O–H groups in total. The van der Waals surface area contributed by atoms with Crippen molar-refractivity contribution in [2.75, 3.05) is 13.2 Å². The highest BCUT2D eigenvalue weighted by atomic mass is 16.5. The summed E-state index contributed by atoms with van der Waals surface area (Å²) in [5.74, 6) is -1.50. The molecule has 0 heterocycles. The van der Waals surface area contributed by atoms with E-state index in [4.69, 9.17) is 0 Å². The summed E-state index contributed by atoms with van der Waals surface area (Å²) in [5, 5.41) is 2.54. The Labute approximate surface area is 114 Å². The highest BCUT2D eigenvalue weighted by Crippen LogP contribution is 2.06. The van der Waals surface area contributed by atoms with Crippen LogP contribution < -0.4 is 5.32 Å². The molecule has 4 nitrogen and oxygen atoms in total. The summed E-state index contributed by atoms with van der Waals surface area (Å²) in [6, 6.07) is 8.32. The maximum Gasteiger partial charge on any atom is 0.396 e. The molecule has 0 aliphatic heterocycles. The third-order valence-corrected chi connectivity index (χ3v) is 2.72. The number of carbonyl (C=O) groups excluding carboxylic acids is 2. The average molecular weight is 263 g/mol. The van der Waals surface area contributed by atoms with E-state index >= 15 is 0 Å². The van der Waals surface area contributed by atoms with Crippen molar-refractivity contribution in [3.63, 3.8) is 0 Å². The van der Waals surface area contributed by atoms with Crippen LogP contribution in [0.15, 0.2) is 24.3 Å². The van der Waals surface area contributed by atoms with Crippen molar-refractivity contribution in [3.8, 4) is 0 Å². The van der Waals surface area contributed by atoms with Gasteiger partial charge in [-0.25, -0.2) is 4.79 Å². The SMILES string of the molecule is CCCc1ccc(CCNC(=O)C(=O)OCC)cc1. The standard InChI is InChI=1S/C15H21NO3/c1-3-5-12-6-8-13(9-7-12)10-11-16-14(17)15(18)19-4-2/h6-9H,3-5,10-11H2,1-2H3,(H,16,17). The second kappa shape index (κ2) is 8.29. The van der Waals surface area contributed by atoms with E-state index in [1.165, 1.54) is 5.56 Å². The molecule has 0 unspecified atom stereocenters. The fourth-order valence-corrected chi connectivity index (χ4v) is 1.75. The lowest BCUT2D eigenvalue weighted by atomic mass is 10.1. The molecule has 1 rings (SSSR count). The zero-order valence-corrected chi connectivity index (χ0v) is 11.6. The Morgan fingerprint density at radius 3 is 2.16 bits per heavy atom. The second-order valence-electron chi connectivity index (χ2n) is 4.29. The van der Waals surface area contributed by atoms with E-state index in [1.807, 2.05) is 0 Å². The summed E-state index contributed by atoms with van der Waals surface area (Å²) in [6.45, 7) is 4.47. The van der Waals surface area contributed by atoms with Gasteiger partial charge in [-0.15, -0.1) is 0 Å². The molecule has 19 heavy (non-hydrogen) atoms. The van der Waals surface area contributed by atoms with Crippen molar-refractivity contribution >= 4 is 11.9 Å². The molecule has 0 spiro atoms. The van der Waals surface area contributed by atoms with Gasteiger partial charge in [0.25, 0.3) is 0 Å². The summed E-state index contributed by atoms with van der Waals surface area (Å²) < 4.78 is 4.60. The van der Waals surface area contributed by atoms with Gasteiger partial charge in [-0.05, 0) is 30.9 Å². The van der Waals surface area contributed by atoms with E-state index in [-0.39, 0.29) is 6.61 Å². The van der Waals surface area contributed by atoms with Crippen LogP contribution in [0.1, 0.15) is 31.4 Å². The number of hydrogen-bond acceptors (Lipinski definition) is 3. The number of hydrogen-bond donors (Lipinski definition) is 1. The molecule has 1 aromatic carbocycles. The van der Waals surface area contributed by atoms with E-state index in [9.17, 15) is 9.59 Å². The van der Waals surface area contributed by atoms with Crippen molar-refractivity contribution < 1.29 is 14.3 Å². The van der Waals surface area contributed by atoms with Gasteiger partial charge in [0.15, 0.2) is 0 Å². The van der Waals surface area contributed by atoms with E-state index in [2.05, 4.69) is 41.2 Å². The molecule has 0 aliphatic carbocycles. The third-order valence-electron chi connectivity index (χ3n) is 2.72. The molecule has 1 amide bonds. The molecule has 0 saturated carbocycles. The molecule has 0 fully saturated rings. The first-order chi connectivity index (χ1) is 9.17. The Hall–Kier alpha value is -1.84. The molecule has 0 aromatic heterocycles. The number of esters is 1. The monoisotopic (exact) mass is 263 g/mol. The van der Waals surface area contributed by atoms with E-state index < -0.39 is 11.9 Å². The molecular formula is C15H21NO3. The molecule has 0 radical (unpaired) electrons. The first kappa shape index (κ1) is 15.2. The smallest absolute Gasteiger partial charge is 0.396 e. The highest BCUT2D eigenvalue weighted by Gasteiger charge is 2.13. The molecule has 0 aliphatic rings. The quantitative estimate of drug-likeness (QED) is 0.629. The molecule has 104 valence electrons. The molecule has 4 heteroatoms. The maximum absolute atomic E-state index is 11.3. The lowest BCUT2D eigenvalue weighted by Crippen LogP contribution is -2.33. The molecule has 0 atom stereocenters. The normalized spacial score (nSPS) is 10.0. The van der Waals surface area contributed by atoms with Crippen LogP contribution >= 0.6 is 0 Å². The fourth-order valence-electron chi connectivity index (χ4n) is 1.75. The van der Waals surface area contributed by atoms with E-state index in [1.54, 1.807) is 6.92 Å². The van der Waals surface area contributed by atoms with Crippen LogP contribution in [-0.4, -0.2) is 25.0 Å². The lowest BCUT2D eigenvalue weighted by Gasteiger charge is -2.05. The van der Waals surface area contributed by atoms with Gasteiger partial charge in [-0.1, -0.05) is 37.6 Å². The van der Waals surface area contributed by atoms with Gasteiger partial charge in [0.2, 0.25) is 0 Å². The maximum atomic E-state index is 11.3. The number of amides is 1. The van der Waals surface area contributed by atoms with Gasteiger partial charge < -0.3 is 10.1 Å². The largest absolute Gasteiger partial charge is 0.459 e. The van der Waals surface area contributed by atoms with Crippen LogP contribution in [0.3, 0.4) is 0 Å². The number of carbonyl (C=O) groups is 2. The predicted molar refractivity (Wildman–Crippen MR) is 73.8 cm³/mol. The van der Waals surface area contributed by atoms with Gasteiger partial charge in [0.05, 0.1) is 6.61 Å². The summed E-state index contributed by atoms with van der Waals surface area (Å²) in [6.07, 6.45) is 2.92. The van der Waals surface area contributed by atoms with Gasteiger partial charge in [0, 0.05) is 6.54 Å². The molecule has 0 bridgehead atoms. The summed E-state index contributed by atoms with van der Waals surface area (Å²) in [4.78, 5) is 22.3. The Morgan fingerprint density at radius 2 is 1.63 bits per heavy atom. The van der Waals surface area contributed by atoms with Crippen LogP contribution in [-0.2, 0) is 27.2 Å². The van der Waals surface area contributed by atoms with Crippen molar-refractivity contribution in [1.82, 2.24) is 5.32 Å². The van der Waals surface area contributed by atoms with Crippen LogP contribution in [0, 0.1) is 0 Å². The van der Waals surface area contributed by atoms with Crippen molar-refractivity contribution in [1.29, 1.82) is 0 Å². The number of nitrogens with one attached hydrogen (secondary N) is 1. The predicted octanol–water partition coefficient (Wildman–Crippen LogP) is 1.86. The van der Waals surface area contributed by atoms with Gasteiger partial charge in [-0.3, -0.25) is 4.79 Å². The summed E-state index contributed by atoms with van der Waals surface area (Å²) >= 11 is 0. The first-order valence-corrected chi connectivity index (χ1v) is 6.70. The average Bonchev–Trinajstić information content (AvgIpc) is 2.41. The number of benzene rings is 1. The van der Waals surface area contributed by atoms with Gasteiger partial charge in [-0.2, -0.15) is 0 Å². The van der Waals surface area contributed by atoms with E-state index in [0.717, 1.165) is 18.4 Å². The topological polar surface area (TPSA) is 55.4 Å². The van der Waals surface area contributed by atoms with Crippen molar-refractivity contribution in [2.45, 2.75) is 33.1 Å². The van der Waals surface area contributed by atoms with Crippen LogP contribution in [0.4, 0.5) is 0 Å². The highest BCUT2D eigenvalue weighted by molar-refractivity contribution is 6.32. The zero-order chi connectivity index (χ0) is 14.1. The van der Waals surface area contributed by atoms with Crippen LogP contribution in [0.2, 0.25) is 0 Å². The zero-order valence-electron chi connectivity index (χ0n) is 11.6. The van der Waals surface area contributed by atoms with Crippen LogP contribution in [0.5, 0.6) is 0 Å². The van der Waals surface area contributed by atoms with Crippen LogP contribution in [0.25, 0.3) is 0 Å². The Kier molecular flexibility index (Phi) is 6.64. The van der Waals surface area contributed by atoms with Crippen molar-refractivity contribution in [2.24, 2.45) is 0 Å².